The summed E-state index contributed by atoms with van der Waals surface area (Å²) in [5.41, 5.74) is 0.495. The fraction of sp³-hybridized carbons (Fsp3) is 0.0625. The number of nitrogens with zero attached hydrogens (tertiary/aromatic N) is 2. The number of aryl methyl sites for hydroxylation is 1. The number of imidazole rings is 1. The van der Waals surface area contributed by atoms with Crippen LogP contribution in [-0.4, -0.2) is 18.0 Å². The van der Waals surface area contributed by atoms with E-state index in [-0.39, 0.29) is 4.90 Å². The van der Waals surface area contributed by atoms with Crippen molar-refractivity contribution in [3.8, 4) is 0 Å². The molecule has 0 unspecified atom stereocenters. The number of rotatable bonds is 5. The summed E-state index contributed by atoms with van der Waals surface area (Å²) >= 11 is 7.29. The van der Waals surface area contributed by atoms with E-state index in [9.17, 15) is 8.42 Å². The maximum absolute atomic E-state index is 12.3. The Morgan fingerprint density at radius 1 is 1.08 bits per heavy atom. The summed E-state index contributed by atoms with van der Waals surface area (Å²) in [6, 6.07) is 13.2. The second-order valence-corrected chi connectivity index (χ2v) is 8.17. The molecule has 1 aromatic heterocycles. The van der Waals surface area contributed by atoms with Crippen LogP contribution in [0.2, 0.25) is 5.02 Å². The van der Waals surface area contributed by atoms with Crippen LogP contribution in [0.15, 0.2) is 75.9 Å². The van der Waals surface area contributed by atoms with Crippen LogP contribution in [0.5, 0.6) is 0 Å². The maximum Gasteiger partial charge on any atom is 0.261 e. The molecule has 0 aliphatic carbocycles. The molecular weight excluding hydrogens is 366 g/mol. The van der Waals surface area contributed by atoms with Gasteiger partial charge in [-0.05, 0) is 48.5 Å². The minimum atomic E-state index is -3.63. The summed E-state index contributed by atoms with van der Waals surface area (Å²) in [6.07, 6.45) is 3.61. The van der Waals surface area contributed by atoms with Crippen LogP contribution in [0.1, 0.15) is 0 Å². The molecule has 0 aliphatic rings. The quantitative estimate of drug-likeness (QED) is 0.727. The SMILES string of the molecule is Cn1ccnc1Sc1ccc(NS(=O)(=O)c2ccc(Cl)cc2)cc1. The molecule has 0 bridgehead atoms. The molecule has 1 heterocycles. The smallest absolute Gasteiger partial charge is 0.261 e. The van der Waals surface area contributed by atoms with Crippen molar-refractivity contribution in [2.24, 2.45) is 7.05 Å². The van der Waals surface area contributed by atoms with Gasteiger partial charge in [-0.15, -0.1) is 0 Å². The minimum absolute atomic E-state index is 0.165. The van der Waals surface area contributed by atoms with E-state index in [0.29, 0.717) is 10.7 Å². The molecule has 0 fully saturated rings. The average molecular weight is 380 g/mol. The monoisotopic (exact) mass is 379 g/mol. The number of hydrogen-bond acceptors (Lipinski definition) is 4. The van der Waals surface area contributed by atoms with Gasteiger partial charge in [-0.1, -0.05) is 23.4 Å². The molecule has 1 N–H and O–H groups in total. The third kappa shape index (κ3) is 3.92. The maximum atomic E-state index is 12.3. The molecular formula is C16H14ClN3O2S2. The number of nitrogens with one attached hydrogen (secondary N) is 1. The number of aromatic nitrogens is 2. The summed E-state index contributed by atoms with van der Waals surface area (Å²) in [5.74, 6) is 0. The highest BCUT2D eigenvalue weighted by Crippen LogP contribution is 2.27. The van der Waals surface area contributed by atoms with Crippen LogP contribution >= 0.6 is 23.4 Å². The minimum Gasteiger partial charge on any atom is -0.329 e. The highest BCUT2D eigenvalue weighted by atomic mass is 35.5. The van der Waals surface area contributed by atoms with E-state index in [1.807, 2.05) is 29.9 Å². The lowest BCUT2D eigenvalue weighted by Gasteiger charge is -2.09. The van der Waals surface area contributed by atoms with Gasteiger partial charge >= 0.3 is 0 Å². The lowest BCUT2D eigenvalue weighted by atomic mass is 10.3. The zero-order valence-corrected chi connectivity index (χ0v) is 15.1. The van der Waals surface area contributed by atoms with Gasteiger partial charge in [-0.3, -0.25) is 4.72 Å². The van der Waals surface area contributed by atoms with E-state index in [1.54, 1.807) is 30.5 Å². The molecule has 0 radical (unpaired) electrons. The Labute approximate surface area is 149 Å². The molecule has 0 saturated carbocycles. The van der Waals surface area contributed by atoms with Gasteiger partial charge in [0.15, 0.2) is 5.16 Å². The molecule has 24 heavy (non-hydrogen) atoms. The topological polar surface area (TPSA) is 64.0 Å². The van der Waals surface area contributed by atoms with Gasteiger partial charge in [0.25, 0.3) is 10.0 Å². The van der Waals surface area contributed by atoms with Crippen molar-refractivity contribution in [2.75, 3.05) is 4.72 Å². The summed E-state index contributed by atoms with van der Waals surface area (Å²) < 4.78 is 29.1. The Morgan fingerprint density at radius 2 is 1.75 bits per heavy atom. The van der Waals surface area contributed by atoms with E-state index >= 15 is 0 Å². The van der Waals surface area contributed by atoms with Gasteiger partial charge in [0.2, 0.25) is 0 Å². The summed E-state index contributed by atoms with van der Waals surface area (Å²) in [4.78, 5) is 5.38. The van der Waals surface area contributed by atoms with E-state index < -0.39 is 10.0 Å². The molecule has 3 rings (SSSR count). The third-order valence-electron chi connectivity index (χ3n) is 3.22. The highest BCUT2D eigenvalue weighted by Gasteiger charge is 2.14. The first-order valence-electron chi connectivity index (χ1n) is 6.98. The Balaban J connectivity index is 1.74. The van der Waals surface area contributed by atoms with E-state index in [1.165, 1.54) is 23.9 Å². The van der Waals surface area contributed by atoms with Crippen LogP contribution in [0, 0.1) is 0 Å². The molecule has 0 amide bonds. The van der Waals surface area contributed by atoms with Crippen LogP contribution in [0.3, 0.4) is 0 Å². The van der Waals surface area contributed by atoms with Crippen molar-refractivity contribution in [1.29, 1.82) is 0 Å². The van der Waals surface area contributed by atoms with E-state index in [4.69, 9.17) is 11.6 Å². The summed E-state index contributed by atoms with van der Waals surface area (Å²) in [6.45, 7) is 0. The first-order chi connectivity index (χ1) is 11.4. The van der Waals surface area contributed by atoms with E-state index in [2.05, 4.69) is 9.71 Å². The number of anilines is 1. The van der Waals surface area contributed by atoms with Crippen molar-refractivity contribution < 1.29 is 8.42 Å². The summed E-state index contributed by atoms with van der Waals surface area (Å²) in [7, 11) is -1.71. The lowest BCUT2D eigenvalue weighted by Crippen LogP contribution is -2.12. The highest BCUT2D eigenvalue weighted by molar-refractivity contribution is 7.99. The normalized spacial score (nSPS) is 11.4. The van der Waals surface area contributed by atoms with Crippen LogP contribution < -0.4 is 4.72 Å². The standard InChI is InChI=1S/C16H14ClN3O2S2/c1-20-11-10-18-16(20)23-14-6-4-13(5-7-14)19-24(21,22)15-8-2-12(17)3-9-15/h2-11,19H,1H3. The Hall–Kier alpha value is -1.96. The summed E-state index contributed by atoms with van der Waals surface area (Å²) in [5, 5.41) is 1.36. The van der Waals surface area contributed by atoms with Crippen molar-refractivity contribution in [3.63, 3.8) is 0 Å². The Morgan fingerprint density at radius 3 is 2.33 bits per heavy atom. The molecule has 0 aliphatic heterocycles. The number of benzene rings is 2. The zero-order valence-electron chi connectivity index (χ0n) is 12.7. The van der Waals surface area contributed by atoms with Crippen molar-refractivity contribution in [2.45, 2.75) is 14.9 Å². The molecule has 0 spiro atoms. The number of sulfonamides is 1. The van der Waals surface area contributed by atoms with Gasteiger partial charge < -0.3 is 4.57 Å². The van der Waals surface area contributed by atoms with Crippen LogP contribution in [-0.2, 0) is 17.1 Å². The predicted molar refractivity (Wildman–Crippen MR) is 96.0 cm³/mol. The molecule has 8 heteroatoms. The molecule has 3 aromatic rings. The molecule has 2 aromatic carbocycles. The Kier molecular flexibility index (Phi) is 4.84. The third-order valence-corrected chi connectivity index (χ3v) is 5.95. The molecule has 0 saturated heterocycles. The van der Waals surface area contributed by atoms with Gasteiger partial charge in [0.1, 0.15) is 0 Å². The van der Waals surface area contributed by atoms with Crippen molar-refractivity contribution in [1.82, 2.24) is 9.55 Å². The average Bonchev–Trinajstić information content (AvgIpc) is 2.94. The fourth-order valence-electron chi connectivity index (χ4n) is 1.97. The number of hydrogen-bond donors (Lipinski definition) is 1. The van der Waals surface area contributed by atoms with Crippen molar-refractivity contribution in [3.05, 3.63) is 65.9 Å². The van der Waals surface area contributed by atoms with Crippen LogP contribution in [0.4, 0.5) is 5.69 Å². The number of halogens is 1. The fourth-order valence-corrected chi connectivity index (χ4v) is 3.96. The Bertz CT molecular complexity index is 936. The van der Waals surface area contributed by atoms with Crippen molar-refractivity contribution >= 4 is 39.1 Å². The zero-order chi connectivity index (χ0) is 17.2. The first-order valence-corrected chi connectivity index (χ1v) is 9.65. The predicted octanol–water partition coefficient (Wildman–Crippen LogP) is 4.03. The first kappa shape index (κ1) is 16.9. The molecule has 5 nitrogen and oxygen atoms in total. The van der Waals surface area contributed by atoms with E-state index in [0.717, 1.165) is 10.1 Å². The second-order valence-electron chi connectivity index (χ2n) is 5.01. The van der Waals surface area contributed by atoms with Gasteiger partial charge in [-0.2, -0.15) is 0 Å². The molecule has 124 valence electrons. The van der Waals surface area contributed by atoms with Gasteiger partial charge in [0, 0.05) is 35.0 Å². The van der Waals surface area contributed by atoms with Crippen LogP contribution in [0.25, 0.3) is 0 Å². The molecule has 0 atom stereocenters. The second kappa shape index (κ2) is 6.88. The van der Waals surface area contributed by atoms with Gasteiger partial charge in [0.05, 0.1) is 4.90 Å². The lowest BCUT2D eigenvalue weighted by molar-refractivity contribution is 0.601. The largest absolute Gasteiger partial charge is 0.329 e. The van der Waals surface area contributed by atoms with Gasteiger partial charge in [-0.25, -0.2) is 13.4 Å².